The zero-order valence-corrected chi connectivity index (χ0v) is 15.1. The van der Waals surface area contributed by atoms with Crippen LogP contribution < -0.4 is 5.32 Å². The van der Waals surface area contributed by atoms with Gasteiger partial charge in [0.1, 0.15) is 0 Å². The molecule has 2 rings (SSSR count). The first kappa shape index (κ1) is 17.1. The molecule has 0 radical (unpaired) electrons. The number of hydrogen-bond acceptors (Lipinski definition) is 4. The third-order valence-electron chi connectivity index (χ3n) is 4.24. The highest BCUT2D eigenvalue weighted by molar-refractivity contribution is 7.99. The van der Waals surface area contributed by atoms with Gasteiger partial charge in [-0.3, -0.25) is 4.68 Å². The van der Waals surface area contributed by atoms with Gasteiger partial charge in [0.15, 0.2) is 0 Å². The van der Waals surface area contributed by atoms with E-state index >= 15 is 0 Å². The van der Waals surface area contributed by atoms with Crippen LogP contribution in [0.5, 0.6) is 0 Å². The van der Waals surface area contributed by atoms with E-state index in [1.807, 2.05) is 6.92 Å². The molecule has 0 aromatic carbocycles. The lowest BCUT2D eigenvalue weighted by molar-refractivity contribution is 0.213. The van der Waals surface area contributed by atoms with E-state index in [9.17, 15) is 0 Å². The van der Waals surface area contributed by atoms with Gasteiger partial charge in [-0.15, -0.1) is 0 Å². The highest BCUT2D eigenvalue weighted by Crippen LogP contribution is 2.25. The molecule has 1 saturated heterocycles. The van der Waals surface area contributed by atoms with Crippen LogP contribution in [0.25, 0.3) is 0 Å². The third kappa shape index (κ3) is 3.95. The summed E-state index contributed by atoms with van der Waals surface area (Å²) in [6.45, 7) is 9.30. The van der Waals surface area contributed by atoms with E-state index in [0.29, 0.717) is 12.1 Å². The van der Waals surface area contributed by atoms with Crippen LogP contribution in [0.4, 0.5) is 0 Å². The summed E-state index contributed by atoms with van der Waals surface area (Å²) in [5.41, 5.74) is 2.11. The SMILES string of the molecule is CCNC(Cc1c(Cl)c(C)nn1CC)C1CSCCN1C. The van der Waals surface area contributed by atoms with E-state index < -0.39 is 0 Å². The molecule has 1 aromatic heterocycles. The van der Waals surface area contributed by atoms with Crippen LogP contribution in [0, 0.1) is 6.92 Å². The molecular formula is C15H27ClN4S. The molecule has 120 valence electrons. The number of nitrogens with one attached hydrogen (secondary N) is 1. The van der Waals surface area contributed by atoms with Crippen LogP contribution in [0.1, 0.15) is 25.2 Å². The Labute approximate surface area is 137 Å². The van der Waals surface area contributed by atoms with Crippen LogP contribution >= 0.6 is 23.4 Å². The zero-order valence-electron chi connectivity index (χ0n) is 13.5. The number of aryl methyl sites for hydroxylation is 2. The highest BCUT2D eigenvalue weighted by atomic mass is 35.5. The maximum absolute atomic E-state index is 6.48. The number of hydrogen-bond donors (Lipinski definition) is 1. The molecule has 6 heteroatoms. The molecule has 0 spiro atoms. The predicted molar refractivity (Wildman–Crippen MR) is 92.6 cm³/mol. The van der Waals surface area contributed by atoms with Crippen LogP contribution in [0.3, 0.4) is 0 Å². The summed E-state index contributed by atoms with van der Waals surface area (Å²) in [5.74, 6) is 2.42. The Kier molecular flexibility index (Phi) is 6.41. The molecule has 1 fully saturated rings. The maximum atomic E-state index is 6.48. The summed E-state index contributed by atoms with van der Waals surface area (Å²) in [5, 5.41) is 9.05. The summed E-state index contributed by atoms with van der Waals surface area (Å²) in [6.07, 6.45) is 0.941. The van der Waals surface area contributed by atoms with E-state index in [2.05, 4.69) is 52.7 Å². The minimum Gasteiger partial charge on any atom is -0.312 e. The number of rotatable bonds is 6. The number of likely N-dealkylation sites (N-methyl/N-ethyl adjacent to an activating group) is 2. The van der Waals surface area contributed by atoms with Crippen molar-refractivity contribution in [3.8, 4) is 0 Å². The Bertz CT molecular complexity index is 463. The van der Waals surface area contributed by atoms with Crippen molar-refractivity contribution in [3.05, 3.63) is 16.4 Å². The number of aromatic nitrogens is 2. The Hall–Kier alpha value is -0.230. The number of nitrogens with zero attached hydrogens (tertiary/aromatic N) is 3. The average molecular weight is 331 g/mol. The largest absolute Gasteiger partial charge is 0.312 e. The monoisotopic (exact) mass is 330 g/mol. The lowest BCUT2D eigenvalue weighted by Crippen LogP contribution is -2.53. The molecular weight excluding hydrogens is 304 g/mol. The van der Waals surface area contributed by atoms with Crippen molar-refractivity contribution in [1.82, 2.24) is 20.0 Å². The van der Waals surface area contributed by atoms with Crippen LogP contribution in [0.2, 0.25) is 5.02 Å². The Balaban J connectivity index is 2.19. The maximum Gasteiger partial charge on any atom is 0.0847 e. The molecule has 1 aromatic rings. The molecule has 0 saturated carbocycles. The van der Waals surface area contributed by atoms with Gasteiger partial charge in [0.2, 0.25) is 0 Å². The van der Waals surface area contributed by atoms with Gasteiger partial charge in [-0.1, -0.05) is 18.5 Å². The summed E-state index contributed by atoms with van der Waals surface area (Å²) in [4.78, 5) is 2.48. The van der Waals surface area contributed by atoms with Gasteiger partial charge in [-0.25, -0.2) is 0 Å². The first-order valence-corrected chi connectivity index (χ1v) is 9.34. The fourth-order valence-corrected chi connectivity index (χ4v) is 4.53. The second-order valence-electron chi connectivity index (χ2n) is 5.65. The molecule has 0 amide bonds. The minimum atomic E-state index is 0.423. The summed E-state index contributed by atoms with van der Waals surface area (Å²) < 4.78 is 2.05. The lowest BCUT2D eigenvalue weighted by atomic mass is 10.0. The fourth-order valence-electron chi connectivity index (χ4n) is 3.01. The molecule has 1 aliphatic heterocycles. The average Bonchev–Trinajstić information content (AvgIpc) is 2.75. The van der Waals surface area contributed by atoms with Gasteiger partial charge in [-0.2, -0.15) is 16.9 Å². The standard InChI is InChI=1S/C15H27ClN4S/c1-5-17-12(14-10-21-8-7-19(14)4)9-13-15(16)11(3)18-20(13)6-2/h12,14,17H,5-10H2,1-4H3. The van der Waals surface area contributed by atoms with E-state index in [-0.39, 0.29) is 0 Å². The molecule has 1 N–H and O–H groups in total. The van der Waals surface area contributed by atoms with E-state index in [0.717, 1.165) is 36.8 Å². The van der Waals surface area contributed by atoms with Crippen molar-refractivity contribution in [3.63, 3.8) is 0 Å². The Morgan fingerprint density at radius 3 is 2.86 bits per heavy atom. The molecule has 1 aliphatic rings. The lowest BCUT2D eigenvalue weighted by Gasteiger charge is -2.38. The van der Waals surface area contributed by atoms with Gasteiger partial charge < -0.3 is 10.2 Å². The van der Waals surface area contributed by atoms with Gasteiger partial charge >= 0.3 is 0 Å². The summed E-state index contributed by atoms with van der Waals surface area (Å²) in [7, 11) is 2.23. The van der Waals surface area contributed by atoms with Crippen molar-refractivity contribution in [2.45, 2.75) is 45.8 Å². The van der Waals surface area contributed by atoms with Crippen LogP contribution in [-0.2, 0) is 13.0 Å². The normalized spacial score (nSPS) is 21.7. The molecule has 4 nitrogen and oxygen atoms in total. The van der Waals surface area contributed by atoms with Gasteiger partial charge in [0.05, 0.1) is 16.4 Å². The van der Waals surface area contributed by atoms with E-state index in [1.54, 1.807) is 0 Å². The number of halogens is 1. The highest BCUT2D eigenvalue weighted by Gasteiger charge is 2.29. The zero-order chi connectivity index (χ0) is 15.4. The fraction of sp³-hybridized carbons (Fsp3) is 0.800. The van der Waals surface area contributed by atoms with Gasteiger partial charge in [0, 0.05) is 43.1 Å². The van der Waals surface area contributed by atoms with E-state index in [4.69, 9.17) is 11.6 Å². The molecule has 0 aliphatic carbocycles. The smallest absolute Gasteiger partial charge is 0.0847 e. The van der Waals surface area contributed by atoms with Crippen molar-refractivity contribution in [2.75, 3.05) is 31.6 Å². The minimum absolute atomic E-state index is 0.423. The quantitative estimate of drug-likeness (QED) is 0.868. The van der Waals surface area contributed by atoms with Crippen LogP contribution in [0.15, 0.2) is 0 Å². The second-order valence-corrected chi connectivity index (χ2v) is 7.18. The molecule has 21 heavy (non-hydrogen) atoms. The first-order valence-electron chi connectivity index (χ1n) is 7.81. The third-order valence-corrected chi connectivity index (χ3v) is 5.78. The van der Waals surface area contributed by atoms with Gasteiger partial charge in [0.25, 0.3) is 0 Å². The molecule has 2 atom stereocenters. The Morgan fingerprint density at radius 2 is 2.24 bits per heavy atom. The molecule has 2 heterocycles. The van der Waals surface area contributed by atoms with Crippen molar-refractivity contribution in [1.29, 1.82) is 0 Å². The predicted octanol–water partition coefficient (Wildman–Crippen LogP) is 2.43. The second kappa shape index (κ2) is 7.86. The summed E-state index contributed by atoms with van der Waals surface area (Å²) >= 11 is 8.54. The first-order chi connectivity index (χ1) is 10.1. The van der Waals surface area contributed by atoms with Gasteiger partial charge in [-0.05, 0) is 27.4 Å². The van der Waals surface area contributed by atoms with Crippen molar-refractivity contribution in [2.24, 2.45) is 0 Å². The Morgan fingerprint density at radius 1 is 1.48 bits per heavy atom. The summed E-state index contributed by atoms with van der Waals surface area (Å²) in [6, 6.07) is 0.979. The number of thioether (sulfide) groups is 1. The van der Waals surface area contributed by atoms with Crippen molar-refractivity contribution < 1.29 is 0 Å². The van der Waals surface area contributed by atoms with Crippen LogP contribution in [-0.4, -0.2) is 58.4 Å². The van der Waals surface area contributed by atoms with Crippen molar-refractivity contribution >= 4 is 23.4 Å². The molecule has 2 unspecified atom stereocenters. The van der Waals surface area contributed by atoms with E-state index in [1.165, 1.54) is 17.2 Å². The molecule has 0 bridgehead atoms. The topological polar surface area (TPSA) is 33.1 Å².